The van der Waals surface area contributed by atoms with Gasteiger partial charge in [-0.25, -0.2) is 13.1 Å². The highest BCUT2D eigenvalue weighted by atomic mass is 32.2. The third-order valence-electron chi connectivity index (χ3n) is 3.67. The van der Waals surface area contributed by atoms with Crippen molar-refractivity contribution in [3.63, 3.8) is 0 Å². The fourth-order valence-corrected chi connectivity index (χ4v) is 3.70. The van der Waals surface area contributed by atoms with Gasteiger partial charge in [0.05, 0.1) is 11.5 Å². The van der Waals surface area contributed by atoms with Crippen molar-refractivity contribution in [3.8, 4) is 5.75 Å². The van der Waals surface area contributed by atoms with Gasteiger partial charge >= 0.3 is 0 Å². The summed E-state index contributed by atoms with van der Waals surface area (Å²) in [5.74, 6) is 1.31. The Balaban J connectivity index is 1.88. The van der Waals surface area contributed by atoms with Crippen LogP contribution < -0.4 is 14.8 Å². The molecule has 0 unspecified atom stereocenters. The van der Waals surface area contributed by atoms with Crippen molar-refractivity contribution in [1.82, 2.24) is 10.0 Å². The summed E-state index contributed by atoms with van der Waals surface area (Å²) < 4.78 is 32.7. The van der Waals surface area contributed by atoms with E-state index in [0.717, 1.165) is 25.8 Å². The van der Waals surface area contributed by atoms with Crippen LogP contribution in [0.5, 0.6) is 5.75 Å². The maximum Gasteiger partial charge on any atom is 0.240 e. The Hall–Kier alpha value is -1.11. The van der Waals surface area contributed by atoms with Crippen molar-refractivity contribution in [2.45, 2.75) is 37.1 Å². The molecule has 1 saturated carbocycles. The van der Waals surface area contributed by atoms with E-state index in [9.17, 15) is 8.42 Å². The van der Waals surface area contributed by atoms with E-state index in [1.807, 2.05) is 7.05 Å². The highest BCUT2D eigenvalue weighted by Gasteiger charge is 2.29. The first-order valence-electron chi connectivity index (χ1n) is 7.41. The first-order valence-corrected chi connectivity index (χ1v) is 8.89. The van der Waals surface area contributed by atoms with Gasteiger partial charge in [-0.2, -0.15) is 0 Å². The molecule has 1 aromatic carbocycles. The molecule has 2 N–H and O–H groups in total. The van der Waals surface area contributed by atoms with Gasteiger partial charge in [0.1, 0.15) is 5.75 Å². The van der Waals surface area contributed by atoms with E-state index in [1.165, 1.54) is 0 Å². The molecule has 0 aliphatic heterocycles. The number of sulfonamides is 1. The van der Waals surface area contributed by atoms with Crippen molar-refractivity contribution >= 4 is 10.0 Å². The molecular weight excluding hydrogens is 288 g/mol. The molecule has 0 amide bonds. The Kier molecular flexibility index (Phi) is 5.61. The largest absolute Gasteiger partial charge is 0.494 e. The lowest BCUT2D eigenvalue weighted by Crippen LogP contribution is -2.43. The van der Waals surface area contributed by atoms with E-state index in [4.69, 9.17) is 4.74 Å². The van der Waals surface area contributed by atoms with Gasteiger partial charge < -0.3 is 10.1 Å². The standard InChI is InChI=1S/C15H24N2O3S/c1-12-10-13(11-12)17-21(18,19)15-6-4-14(5-7-15)20-9-3-8-16-2/h4-7,12-13,16-17H,3,8-11H2,1-2H3. The summed E-state index contributed by atoms with van der Waals surface area (Å²) in [6.45, 7) is 3.65. The fourth-order valence-electron chi connectivity index (χ4n) is 2.44. The van der Waals surface area contributed by atoms with Crippen molar-refractivity contribution in [1.29, 1.82) is 0 Å². The Bertz CT molecular complexity index is 537. The SMILES string of the molecule is CNCCCOc1ccc(S(=O)(=O)NC2CC(C)C2)cc1. The molecule has 2 rings (SSSR count). The van der Waals surface area contributed by atoms with Gasteiger partial charge in [-0.15, -0.1) is 0 Å². The molecule has 0 atom stereocenters. The second-order valence-electron chi connectivity index (χ2n) is 5.67. The lowest BCUT2D eigenvalue weighted by molar-refractivity contribution is 0.270. The molecule has 0 bridgehead atoms. The quantitative estimate of drug-likeness (QED) is 0.718. The first kappa shape index (κ1) is 16.3. The average molecular weight is 312 g/mol. The fraction of sp³-hybridized carbons (Fsp3) is 0.600. The van der Waals surface area contributed by atoms with Crippen LogP contribution in [-0.2, 0) is 10.0 Å². The minimum Gasteiger partial charge on any atom is -0.494 e. The molecular formula is C15H24N2O3S. The Labute approximate surface area is 127 Å². The monoisotopic (exact) mass is 312 g/mol. The van der Waals surface area contributed by atoms with Crippen molar-refractivity contribution in [2.75, 3.05) is 20.2 Å². The summed E-state index contributed by atoms with van der Waals surface area (Å²) in [5.41, 5.74) is 0. The lowest BCUT2D eigenvalue weighted by atomic mass is 9.83. The van der Waals surface area contributed by atoms with Gasteiger partial charge in [0.25, 0.3) is 0 Å². The number of hydrogen-bond acceptors (Lipinski definition) is 4. The lowest BCUT2D eigenvalue weighted by Gasteiger charge is -2.32. The van der Waals surface area contributed by atoms with E-state index in [1.54, 1.807) is 24.3 Å². The van der Waals surface area contributed by atoms with E-state index in [2.05, 4.69) is 17.0 Å². The van der Waals surface area contributed by atoms with Crippen molar-refractivity contribution in [3.05, 3.63) is 24.3 Å². The minimum atomic E-state index is -3.41. The first-order chi connectivity index (χ1) is 10.0. The van der Waals surface area contributed by atoms with Crippen LogP contribution in [0.1, 0.15) is 26.2 Å². The van der Waals surface area contributed by atoms with Gasteiger partial charge in [0.2, 0.25) is 10.0 Å². The van der Waals surface area contributed by atoms with E-state index < -0.39 is 10.0 Å². The van der Waals surface area contributed by atoms with Crippen LogP contribution in [0.25, 0.3) is 0 Å². The summed E-state index contributed by atoms with van der Waals surface area (Å²) in [7, 11) is -1.51. The smallest absolute Gasteiger partial charge is 0.240 e. The molecule has 1 aromatic rings. The van der Waals surface area contributed by atoms with Crippen molar-refractivity contribution < 1.29 is 13.2 Å². The molecule has 0 heterocycles. The Morgan fingerprint density at radius 1 is 1.24 bits per heavy atom. The molecule has 1 aliphatic rings. The summed E-state index contributed by atoms with van der Waals surface area (Å²) >= 11 is 0. The molecule has 0 aromatic heterocycles. The summed E-state index contributed by atoms with van der Waals surface area (Å²) in [5, 5.41) is 3.05. The van der Waals surface area contributed by atoms with Crippen LogP contribution >= 0.6 is 0 Å². The third kappa shape index (κ3) is 4.69. The highest BCUT2D eigenvalue weighted by molar-refractivity contribution is 7.89. The van der Waals surface area contributed by atoms with Gasteiger partial charge in [-0.05, 0) is 63.0 Å². The van der Waals surface area contributed by atoms with Crippen LogP contribution in [0.2, 0.25) is 0 Å². The zero-order valence-corrected chi connectivity index (χ0v) is 13.4. The number of rotatable bonds is 8. The third-order valence-corrected chi connectivity index (χ3v) is 5.21. The Morgan fingerprint density at radius 2 is 1.90 bits per heavy atom. The van der Waals surface area contributed by atoms with Crippen LogP contribution in [0.3, 0.4) is 0 Å². The van der Waals surface area contributed by atoms with Gasteiger partial charge in [0.15, 0.2) is 0 Å². The van der Waals surface area contributed by atoms with E-state index in [0.29, 0.717) is 23.2 Å². The van der Waals surface area contributed by atoms with E-state index in [-0.39, 0.29) is 6.04 Å². The molecule has 21 heavy (non-hydrogen) atoms. The maximum absolute atomic E-state index is 12.2. The second kappa shape index (κ2) is 7.24. The maximum atomic E-state index is 12.2. The Morgan fingerprint density at radius 3 is 2.48 bits per heavy atom. The molecule has 118 valence electrons. The molecule has 5 nitrogen and oxygen atoms in total. The zero-order valence-electron chi connectivity index (χ0n) is 12.6. The van der Waals surface area contributed by atoms with Crippen LogP contribution in [-0.4, -0.2) is 34.7 Å². The molecule has 0 spiro atoms. The number of ether oxygens (including phenoxy) is 1. The predicted molar refractivity (Wildman–Crippen MR) is 83.0 cm³/mol. The summed E-state index contributed by atoms with van der Waals surface area (Å²) in [4.78, 5) is 0.296. The van der Waals surface area contributed by atoms with Gasteiger partial charge in [0, 0.05) is 6.04 Å². The predicted octanol–water partition coefficient (Wildman–Crippen LogP) is 1.75. The average Bonchev–Trinajstić information content (AvgIpc) is 2.42. The van der Waals surface area contributed by atoms with Crippen LogP contribution in [0, 0.1) is 5.92 Å². The summed E-state index contributed by atoms with van der Waals surface area (Å²) in [6.07, 6.45) is 2.76. The topological polar surface area (TPSA) is 67.4 Å². The van der Waals surface area contributed by atoms with Crippen LogP contribution in [0.15, 0.2) is 29.2 Å². The molecule has 6 heteroatoms. The van der Waals surface area contributed by atoms with Gasteiger partial charge in [-0.1, -0.05) is 6.92 Å². The molecule has 0 radical (unpaired) electrons. The molecule has 1 aliphatic carbocycles. The van der Waals surface area contributed by atoms with Gasteiger partial charge in [-0.3, -0.25) is 0 Å². The molecule has 0 saturated heterocycles. The van der Waals surface area contributed by atoms with E-state index >= 15 is 0 Å². The normalized spacial score (nSPS) is 21.8. The molecule has 1 fully saturated rings. The highest BCUT2D eigenvalue weighted by Crippen LogP contribution is 2.28. The summed E-state index contributed by atoms with van der Waals surface area (Å²) in [6, 6.07) is 6.69. The zero-order chi connectivity index (χ0) is 15.3. The minimum absolute atomic E-state index is 0.0856. The second-order valence-corrected chi connectivity index (χ2v) is 7.39. The number of nitrogens with one attached hydrogen (secondary N) is 2. The number of benzene rings is 1. The van der Waals surface area contributed by atoms with Crippen molar-refractivity contribution in [2.24, 2.45) is 5.92 Å². The number of hydrogen-bond donors (Lipinski definition) is 2. The van der Waals surface area contributed by atoms with Crippen LogP contribution in [0.4, 0.5) is 0 Å².